The van der Waals surface area contributed by atoms with Gasteiger partial charge in [0.25, 0.3) is 11.8 Å². The minimum absolute atomic E-state index is 0.0794. The first-order valence-electron chi connectivity index (χ1n) is 7.19. The van der Waals surface area contributed by atoms with E-state index in [0.29, 0.717) is 18.5 Å². The molecule has 1 heterocycles. The Balaban J connectivity index is 1.69. The number of nitrogens with one attached hydrogen (secondary N) is 3. The summed E-state index contributed by atoms with van der Waals surface area (Å²) in [5.74, 6) is -0.510. The Kier molecular flexibility index (Phi) is 4.07. The maximum absolute atomic E-state index is 12.3. The third-order valence-corrected chi connectivity index (χ3v) is 5.36. The fraction of sp³-hybridized carbons (Fsp3) is 0.400. The summed E-state index contributed by atoms with van der Waals surface area (Å²) in [6, 6.07) is 6.89. The lowest BCUT2D eigenvalue weighted by Gasteiger charge is -2.28. The molecule has 1 aromatic rings. The third kappa shape index (κ3) is 2.57. The Labute approximate surface area is 141 Å². The fourth-order valence-corrected chi connectivity index (χ4v) is 3.91. The first kappa shape index (κ1) is 15.3. The van der Waals surface area contributed by atoms with E-state index in [4.69, 9.17) is 0 Å². The van der Waals surface area contributed by atoms with E-state index in [2.05, 4.69) is 38.5 Å². The van der Waals surface area contributed by atoms with Crippen molar-refractivity contribution in [3.8, 4) is 0 Å². The van der Waals surface area contributed by atoms with Crippen molar-refractivity contribution < 1.29 is 14.4 Å². The predicted molar refractivity (Wildman–Crippen MR) is 88.2 cm³/mol. The highest BCUT2D eigenvalue weighted by atomic mass is 127. The number of rotatable bonds is 3. The zero-order chi connectivity index (χ0) is 15.7. The predicted octanol–water partition coefficient (Wildman–Crippen LogP) is 1.40. The Morgan fingerprint density at radius 2 is 2.14 bits per heavy atom. The Morgan fingerprint density at radius 1 is 1.36 bits per heavy atom. The second-order valence-corrected chi connectivity index (χ2v) is 6.82. The molecule has 1 aliphatic heterocycles. The number of halogens is 1. The molecular formula is C15H16IN3O3. The molecule has 2 aliphatic rings. The summed E-state index contributed by atoms with van der Waals surface area (Å²) >= 11 is 2.12. The van der Waals surface area contributed by atoms with Gasteiger partial charge >= 0.3 is 6.03 Å². The van der Waals surface area contributed by atoms with Gasteiger partial charge in [0, 0.05) is 16.0 Å². The Morgan fingerprint density at radius 3 is 2.82 bits per heavy atom. The molecular weight excluding hydrogens is 397 g/mol. The number of carbonyl (C=O) groups excluding carboxylic acids is 3. The van der Waals surface area contributed by atoms with E-state index in [0.717, 1.165) is 16.4 Å². The molecule has 7 heteroatoms. The lowest BCUT2D eigenvalue weighted by atomic mass is 9.87. The molecule has 0 aromatic heterocycles. The SMILES string of the molecule is O=C1NC(=O)[C@@]2(CCC[C@H]2CNC(=O)c2ccccc2I)N1. The number of imide groups is 1. The van der Waals surface area contributed by atoms with Gasteiger partial charge in [-0.1, -0.05) is 18.6 Å². The number of benzene rings is 1. The van der Waals surface area contributed by atoms with Crippen molar-refractivity contribution in [1.29, 1.82) is 0 Å². The third-order valence-electron chi connectivity index (χ3n) is 4.42. The van der Waals surface area contributed by atoms with Gasteiger partial charge in [0.2, 0.25) is 0 Å². The highest BCUT2D eigenvalue weighted by Gasteiger charge is 2.54. The van der Waals surface area contributed by atoms with Crippen LogP contribution >= 0.6 is 22.6 Å². The second kappa shape index (κ2) is 5.86. The Bertz CT molecular complexity index is 649. The van der Waals surface area contributed by atoms with Gasteiger partial charge in [-0.15, -0.1) is 0 Å². The van der Waals surface area contributed by atoms with Crippen molar-refractivity contribution in [1.82, 2.24) is 16.0 Å². The normalized spacial score (nSPS) is 26.9. The summed E-state index contributed by atoms with van der Waals surface area (Å²) in [5.41, 5.74) is -0.233. The smallest absolute Gasteiger partial charge is 0.322 e. The number of hydrogen-bond donors (Lipinski definition) is 3. The molecule has 116 valence electrons. The summed E-state index contributed by atoms with van der Waals surface area (Å²) in [4.78, 5) is 35.8. The molecule has 1 spiro atoms. The Hall–Kier alpha value is -1.64. The first-order valence-corrected chi connectivity index (χ1v) is 8.27. The fourth-order valence-electron chi connectivity index (χ4n) is 3.28. The van der Waals surface area contributed by atoms with Crippen molar-refractivity contribution in [2.75, 3.05) is 6.54 Å². The molecule has 1 aliphatic carbocycles. The van der Waals surface area contributed by atoms with Gasteiger partial charge in [-0.05, 0) is 47.6 Å². The largest absolute Gasteiger partial charge is 0.352 e. The van der Waals surface area contributed by atoms with E-state index in [-0.39, 0.29) is 17.7 Å². The lowest BCUT2D eigenvalue weighted by molar-refractivity contribution is -0.125. The molecule has 1 saturated heterocycles. The van der Waals surface area contributed by atoms with Crippen LogP contribution in [0.2, 0.25) is 0 Å². The summed E-state index contributed by atoms with van der Waals surface area (Å²) in [6.45, 7) is 0.373. The molecule has 1 aromatic carbocycles. The molecule has 2 fully saturated rings. The maximum atomic E-state index is 12.3. The van der Waals surface area contributed by atoms with Crippen LogP contribution in [-0.2, 0) is 4.79 Å². The van der Waals surface area contributed by atoms with Gasteiger partial charge in [-0.25, -0.2) is 4.79 Å². The van der Waals surface area contributed by atoms with Crippen LogP contribution in [0.1, 0.15) is 29.6 Å². The summed E-state index contributed by atoms with van der Waals surface area (Å²) < 4.78 is 0.880. The molecule has 22 heavy (non-hydrogen) atoms. The van der Waals surface area contributed by atoms with E-state index >= 15 is 0 Å². The average molecular weight is 413 g/mol. The maximum Gasteiger partial charge on any atom is 0.322 e. The molecule has 2 atom stereocenters. The minimum Gasteiger partial charge on any atom is -0.352 e. The molecule has 4 amide bonds. The molecule has 1 saturated carbocycles. The zero-order valence-electron chi connectivity index (χ0n) is 11.8. The monoisotopic (exact) mass is 413 g/mol. The van der Waals surface area contributed by atoms with Crippen LogP contribution in [0.3, 0.4) is 0 Å². The average Bonchev–Trinajstić information content (AvgIpc) is 3.01. The molecule has 6 nitrogen and oxygen atoms in total. The van der Waals surface area contributed by atoms with E-state index < -0.39 is 11.6 Å². The quantitative estimate of drug-likeness (QED) is 0.517. The van der Waals surface area contributed by atoms with Crippen LogP contribution in [0.4, 0.5) is 4.79 Å². The molecule has 3 rings (SSSR count). The molecule has 3 N–H and O–H groups in total. The lowest BCUT2D eigenvalue weighted by Crippen LogP contribution is -2.53. The highest BCUT2D eigenvalue weighted by Crippen LogP contribution is 2.37. The van der Waals surface area contributed by atoms with Crippen molar-refractivity contribution >= 4 is 40.4 Å². The first-order chi connectivity index (χ1) is 10.5. The molecule has 0 unspecified atom stereocenters. The summed E-state index contributed by atoms with van der Waals surface area (Å²) in [5, 5.41) is 7.95. The van der Waals surface area contributed by atoms with Crippen molar-refractivity contribution in [2.24, 2.45) is 5.92 Å². The van der Waals surface area contributed by atoms with Gasteiger partial charge < -0.3 is 10.6 Å². The van der Waals surface area contributed by atoms with Crippen LogP contribution in [0.25, 0.3) is 0 Å². The topological polar surface area (TPSA) is 87.3 Å². The van der Waals surface area contributed by atoms with Crippen LogP contribution in [0, 0.1) is 9.49 Å². The second-order valence-electron chi connectivity index (χ2n) is 5.66. The van der Waals surface area contributed by atoms with E-state index in [1.807, 2.05) is 18.2 Å². The van der Waals surface area contributed by atoms with Crippen LogP contribution < -0.4 is 16.0 Å². The van der Waals surface area contributed by atoms with Gasteiger partial charge in [0.05, 0.1) is 5.56 Å². The number of urea groups is 1. The van der Waals surface area contributed by atoms with Crippen molar-refractivity contribution in [2.45, 2.75) is 24.8 Å². The number of hydrogen-bond acceptors (Lipinski definition) is 3. The van der Waals surface area contributed by atoms with Gasteiger partial charge in [-0.3, -0.25) is 14.9 Å². The van der Waals surface area contributed by atoms with Crippen molar-refractivity contribution in [3.05, 3.63) is 33.4 Å². The van der Waals surface area contributed by atoms with E-state index in [1.54, 1.807) is 6.07 Å². The number of amides is 4. The van der Waals surface area contributed by atoms with Crippen LogP contribution in [-0.4, -0.2) is 29.9 Å². The standard InChI is InChI=1S/C15H16IN3O3/c16-11-6-2-1-5-10(11)12(20)17-8-9-4-3-7-15(9)13(21)18-14(22)19-15/h1-2,5-6,9H,3-4,7-8H2,(H,17,20)(H2,18,19,21,22)/t9-,15-/m0/s1. The van der Waals surface area contributed by atoms with Crippen LogP contribution in [0.15, 0.2) is 24.3 Å². The van der Waals surface area contributed by atoms with Crippen molar-refractivity contribution in [3.63, 3.8) is 0 Å². The highest BCUT2D eigenvalue weighted by molar-refractivity contribution is 14.1. The van der Waals surface area contributed by atoms with Gasteiger partial charge in [-0.2, -0.15) is 0 Å². The van der Waals surface area contributed by atoms with Crippen LogP contribution in [0.5, 0.6) is 0 Å². The minimum atomic E-state index is -0.853. The molecule has 0 radical (unpaired) electrons. The van der Waals surface area contributed by atoms with Gasteiger partial charge in [0.1, 0.15) is 5.54 Å². The van der Waals surface area contributed by atoms with E-state index in [9.17, 15) is 14.4 Å². The zero-order valence-corrected chi connectivity index (χ0v) is 14.0. The van der Waals surface area contributed by atoms with E-state index in [1.165, 1.54) is 0 Å². The summed E-state index contributed by atoms with van der Waals surface area (Å²) in [6.07, 6.45) is 2.28. The number of carbonyl (C=O) groups is 3. The summed E-state index contributed by atoms with van der Waals surface area (Å²) in [7, 11) is 0. The van der Waals surface area contributed by atoms with Gasteiger partial charge in [0.15, 0.2) is 0 Å². The molecule has 0 bridgehead atoms.